The molecule has 2 rings (SSSR count). The lowest BCUT2D eigenvalue weighted by atomic mass is 10.0. The normalized spacial score (nSPS) is 20.7. The van der Waals surface area contributed by atoms with Crippen molar-refractivity contribution >= 4 is 0 Å². The first-order valence-electron chi connectivity index (χ1n) is 16.8. The molecular formula is C32H68N4+2. The van der Waals surface area contributed by atoms with Crippen molar-refractivity contribution in [1.82, 2.24) is 9.80 Å². The number of hydrogen-bond donors (Lipinski definition) is 0. The standard InChI is InChI=1S/C32H68N4/c1-5-33-23-29-35(7-3,30-24-33)27-21-19-17-15-13-11-9-10-12-14-16-18-20-22-28-36(8-4)31-25-34(6-2)26-32-36/h5-32H2,1-4H3/q+2. The lowest BCUT2D eigenvalue weighted by molar-refractivity contribution is -0.930. The molecule has 0 spiro atoms. The van der Waals surface area contributed by atoms with Crippen LogP contribution in [0.25, 0.3) is 0 Å². The molecule has 0 bridgehead atoms. The highest BCUT2D eigenvalue weighted by molar-refractivity contribution is 4.64. The summed E-state index contributed by atoms with van der Waals surface area (Å²) in [6.07, 6.45) is 20.6. The van der Waals surface area contributed by atoms with Gasteiger partial charge in [0.1, 0.15) is 0 Å². The van der Waals surface area contributed by atoms with Gasteiger partial charge in [0.2, 0.25) is 0 Å². The lowest BCUT2D eigenvalue weighted by Gasteiger charge is -2.44. The van der Waals surface area contributed by atoms with Crippen molar-refractivity contribution in [2.45, 2.75) is 118 Å². The molecule has 0 aromatic carbocycles. The molecule has 0 aromatic rings. The quantitative estimate of drug-likeness (QED) is 0.124. The van der Waals surface area contributed by atoms with Crippen molar-refractivity contribution in [2.24, 2.45) is 0 Å². The predicted octanol–water partition coefficient (Wildman–Crippen LogP) is 6.79. The number of hydrogen-bond acceptors (Lipinski definition) is 2. The van der Waals surface area contributed by atoms with E-state index in [0.717, 1.165) is 0 Å². The molecule has 0 aromatic heterocycles. The summed E-state index contributed by atoms with van der Waals surface area (Å²) < 4.78 is 2.79. The molecule has 0 aliphatic carbocycles. The molecule has 4 nitrogen and oxygen atoms in total. The zero-order valence-corrected chi connectivity index (χ0v) is 25.6. The number of likely N-dealkylation sites (N-methyl/N-ethyl adjacent to an activating group) is 4. The Morgan fingerprint density at radius 1 is 0.389 bits per heavy atom. The first kappa shape index (κ1) is 32.1. The monoisotopic (exact) mass is 509 g/mol. The highest BCUT2D eigenvalue weighted by Crippen LogP contribution is 2.18. The van der Waals surface area contributed by atoms with Gasteiger partial charge >= 0.3 is 0 Å². The Balaban J connectivity index is 1.32. The highest BCUT2D eigenvalue weighted by atomic mass is 15.4. The molecule has 36 heavy (non-hydrogen) atoms. The van der Waals surface area contributed by atoms with Crippen molar-refractivity contribution in [3.63, 3.8) is 0 Å². The number of piperazine rings is 2. The average Bonchev–Trinajstić information content (AvgIpc) is 2.93. The maximum atomic E-state index is 2.63. The van der Waals surface area contributed by atoms with Crippen LogP contribution < -0.4 is 0 Å². The Morgan fingerprint density at radius 2 is 0.639 bits per heavy atom. The summed E-state index contributed by atoms with van der Waals surface area (Å²) in [6.45, 7) is 28.3. The Kier molecular flexibility index (Phi) is 16.9. The summed E-state index contributed by atoms with van der Waals surface area (Å²) in [4.78, 5) is 5.26. The largest absolute Gasteiger partial charge is 0.322 e. The fraction of sp³-hybridized carbons (Fsp3) is 1.00. The minimum absolute atomic E-state index is 1.24. The second-order valence-electron chi connectivity index (χ2n) is 12.5. The van der Waals surface area contributed by atoms with Crippen molar-refractivity contribution in [1.29, 1.82) is 0 Å². The van der Waals surface area contributed by atoms with Crippen molar-refractivity contribution in [2.75, 3.05) is 91.6 Å². The third-order valence-electron chi connectivity index (χ3n) is 10.3. The van der Waals surface area contributed by atoms with E-state index in [2.05, 4.69) is 37.5 Å². The van der Waals surface area contributed by atoms with Gasteiger partial charge in [-0.25, -0.2) is 0 Å². The highest BCUT2D eigenvalue weighted by Gasteiger charge is 2.31. The minimum Gasteiger partial charge on any atom is -0.322 e. The average molecular weight is 509 g/mol. The Morgan fingerprint density at radius 3 is 0.861 bits per heavy atom. The van der Waals surface area contributed by atoms with E-state index in [4.69, 9.17) is 0 Å². The molecule has 2 heterocycles. The number of quaternary nitrogens is 2. The van der Waals surface area contributed by atoms with E-state index in [9.17, 15) is 0 Å². The molecule has 0 radical (unpaired) electrons. The number of nitrogens with zero attached hydrogens (tertiary/aromatic N) is 4. The van der Waals surface area contributed by atoms with Gasteiger partial charge in [-0.15, -0.1) is 0 Å². The molecule has 0 saturated carbocycles. The maximum absolute atomic E-state index is 2.63. The van der Waals surface area contributed by atoms with Crippen molar-refractivity contribution < 1.29 is 8.97 Å². The second-order valence-corrected chi connectivity index (χ2v) is 12.5. The van der Waals surface area contributed by atoms with Crippen LogP contribution in [-0.2, 0) is 0 Å². The fourth-order valence-corrected chi connectivity index (χ4v) is 6.91. The predicted molar refractivity (Wildman–Crippen MR) is 160 cm³/mol. The minimum atomic E-state index is 1.24. The van der Waals surface area contributed by atoms with Crippen LogP contribution in [0.15, 0.2) is 0 Å². The van der Waals surface area contributed by atoms with Crippen LogP contribution in [0.4, 0.5) is 0 Å². The van der Waals surface area contributed by atoms with Crippen molar-refractivity contribution in [3.05, 3.63) is 0 Å². The maximum Gasteiger partial charge on any atom is 0.0916 e. The number of unbranched alkanes of at least 4 members (excludes halogenated alkanes) is 13. The fourth-order valence-electron chi connectivity index (χ4n) is 6.91. The van der Waals surface area contributed by atoms with Crippen molar-refractivity contribution in [3.8, 4) is 0 Å². The summed E-state index contributed by atoms with van der Waals surface area (Å²) in [5.41, 5.74) is 0. The van der Waals surface area contributed by atoms with Gasteiger partial charge in [0, 0.05) is 26.2 Å². The third kappa shape index (κ3) is 12.1. The van der Waals surface area contributed by atoms with Gasteiger partial charge in [0.05, 0.1) is 52.4 Å². The summed E-state index contributed by atoms with van der Waals surface area (Å²) in [5.74, 6) is 0. The molecule has 4 heteroatoms. The van der Waals surface area contributed by atoms with E-state index in [1.54, 1.807) is 0 Å². The van der Waals surface area contributed by atoms with Gasteiger partial charge in [0.25, 0.3) is 0 Å². The first-order chi connectivity index (χ1) is 17.6. The van der Waals surface area contributed by atoms with Gasteiger partial charge in [-0.05, 0) is 52.6 Å². The smallest absolute Gasteiger partial charge is 0.0916 e. The zero-order chi connectivity index (χ0) is 26.0. The Bertz CT molecular complexity index is 460. The first-order valence-corrected chi connectivity index (χ1v) is 16.8. The van der Waals surface area contributed by atoms with E-state index in [-0.39, 0.29) is 0 Å². The van der Waals surface area contributed by atoms with Gasteiger partial charge in [-0.1, -0.05) is 78.1 Å². The van der Waals surface area contributed by atoms with Crippen LogP contribution >= 0.6 is 0 Å². The van der Waals surface area contributed by atoms with Gasteiger partial charge in [-0.2, -0.15) is 0 Å². The molecule has 214 valence electrons. The molecule has 0 amide bonds. The number of rotatable bonds is 21. The van der Waals surface area contributed by atoms with E-state index in [1.807, 2.05) is 0 Å². The van der Waals surface area contributed by atoms with Crippen LogP contribution in [0.5, 0.6) is 0 Å². The molecule has 2 aliphatic heterocycles. The van der Waals surface area contributed by atoms with E-state index in [1.165, 1.54) is 190 Å². The summed E-state index contributed by atoms with van der Waals surface area (Å²) >= 11 is 0. The van der Waals surface area contributed by atoms with Crippen LogP contribution in [0.2, 0.25) is 0 Å². The zero-order valence-electron chi connectivity index (χ0n) is 25.6. The molecule has 0 unspecified atom stereocenters. The Labute approximate surface area is 228 Å². The molecule has 2 saturated heterocycles. The van der Waals surface area contributed by atoms with E-state index < -0.39 is 0 Å². The molecule has 0 N–H and O–H groups in total. The van der Waals surface area contributed by atoms with Crippen LogP contribution in [0, 0.1) is 0 Å². The molecule has 0 atom stereocenters. The molecular weight excluding hydrogens is 440 g/mol. The second kappa shape index (κ2) is 19.0. The van der Waals surface area contributed by atoms with E-state index in [0.29, 0.717) is 0 Å². The molecule has 2 aliphatic rings. The topological polar surface area (TPSA) is 6.48 Å². The van der Waals surface area contributed by atoms with Gasteiger partial charge in [0.15, 0.2) is 0 Å². The lowest BCUT2D eigenvalue weighted by Crippen LogP contribution is -2.59. The van der Waals surface area contributed by atoms with Gasteiger partial charge < -0.3 is 8.97 Å². The van der Waals surface area contributed by atoms with Gasteiger partial charge in [-0.3, -0.25) is 9.80 Å². The molecule has 2 fully saturated rings. The summed E-state index contributed by atoms with van der Waals surface area (Å²) in [6, 6.07) is 0. The Hall–Kier alpha value is -0.160. The summed E-state index contributed by atoms with van der Waals surface area (Å²) in [7, 11) is 0. The summed E-state index contributed by atoms with van der Waals surface area (Å²) in [5, 5.41) is 0. The van der Waals surface area contributed by atoms with Crippen LogP contribution in [0.1, 0.15) is 118 Å². The van der Waals surface area contributed by atoms with Crippen LogP contribution in [-0.4, -0.2) is 110 Å². The van der Waals surface area contributed by atoms with E-state index >= 15 is 0 Å². The SMILES string of the molecule is CCN1CC[N+](CC)(CCCCCCCCCCCCCCCC[N+]2(CC)CCN(CC)CC2)CC1. The van der Waals surface area contributed by atoms with Crippen LogP contribution in [0.3, 0.4) is 0 Å². The third-order valence-corrected chi connectivity index (χ3v) is 10.3.